The first kappa shape index (κ1) is 24.7. The fraction of sp³-hybridized carbons (Fsp3) is 0.458. The number of methoxy groups -OCH3 is 1. The minimum Gasteiger partial charge on any atom is -0.468 e. The highest BCUT2D eigenvalue weighted by Gasteiger charge is 2.51. The topological polar surface area (TPSA) is 104 Å². The Kier molecular flexibility index (Phi) is 6.09. The SMILES string of the molecule is COC(=O)C(NS(=O)(=O)c1ccc2oc3cc(B4OC(C)(C)C(C)(C)O4)ccc3c2c1)C(C)C. The molecule has 0 bridgehead atoms. The van der Waals surface area contributed by atoms with Crippen LogP contribution in [-0.4, -0.2) is 45.9 Å². The van der Waals surface area contributed by atoms with E-state index < -0.39 is 40.4 Å². The molecule has 0 aliphatic carbocycles. The summed E-state index contributed by atoms with van der Waals surface area (Å²) in [4.78, 5) is 12.1. The van der Waals surface area contributed by atoms with E-state index in [0.717, 1.165) is 10.8 Å². The number of benzene rings is 2. The smallest absolute Gasteiger partial charge is 0.468 e. The highest BCUT2D eigenvalue weighted by atomic mass is 32.2. The molecule has 0 radical (unpaired) electrons. The van der Waals surface area contributed by atoms with Crippen LogP contribution >= 0.6 is 0 Å². The first-order chi connectivity index (χ1) is 15.8. The first-order valence-corrected chi connectivity index (χ1v) is 12.7. The van der Waals surface area contributed by atoms with E-state index in [1.165, 1.54) is 13.2 Å². The highest BCUT2D eigenvalue weighted by molar-refractivity contribution is 7.89. The molecule has 0 amide bonds. The number of furan rings is 1. The van der Waals surface area contributed by atoms with Gasteiger partial charge in [-0.1, -0.05) is 26.0 Å². The molecule has 1 atom stereocenters. The van der Waals surface area contributed by atoms with Crippen molar-refractivity contribution in [2.24, 2.45) is 5.92 Å². The number of hydrogen-bond donors (Lipinski definition) is 1. The third kappa shape index (κ3) is 4.24. The van der Waals surface area contributed by atoms with Crippen molar-refractivity contribution in [2.45, 2.75) is 63.7 Å². The first-order valence-electron chi connectivity index (χ1n) is 11.2. The van der Waals surface area contributed by atoms with Crippen LogP contribution in [0.5, 0.6) is 0 Å². The van der Waals surface area contributed by atoms with Crippen molar-refractivity contribution >= 4 is 50.5 Å². The van der Waals surface area contributed by atoms with Crippen LogP contribution in [0.3, 0.4) is 0 Å². The van der Waals surface area contributed by atoms with Crippen molar-refractivity contribution in [1.82, 2.24) is 4.72 Å². The number of ether oxygens (including phenoxy) is 1. The van der Waals surface area contributed by atoms with E-state index in [-0.39, 0.29) is 10.8 Å². The molecule has 0 saturated carbocycles. The number of sulfonamides is 1. The normalized spacial score (nSPS) is 18.6. The van der Waals surface area contributed by atoms with Crippen molar-refractivity contribution in [1.29, 1.82) is 0 Å². The third-order valence-electron chi connectivity index (χ3n) is 6.71. The quantitative estimate of drug-likeness (QED) is 0.420. The lowest BCUT2D eigenvalue weighted by atomic mass is 9.79. The monoisotopic (exact) mass is 487 g/mol. The van der Waals surface area contributed by atoms with Crippen molar-refractivity contribution in [3.05, 3.63) is 36.4 Å². The molecular formula is C24H30BNO7S. The lowest BCUT2D eigenvalue weighted by Crippen LogP contribution is -2.44. The summed E-state index contributed by atoms with van der Waals surface area (Å²) < 4.78 is 51.5. The summed E-state index contributed by atoms with van der Waals surface area (Å²) in [6.07, 6.45) is 0. The Hall–Kier alpha value is -2.40. The lowest BCUT2D eigenvalue weighted by Gasteiger charge is -2.32. The van der Waals surface area contributed by atoms with E-state index in [0.29, 0.717) is 16.6 Å². The number of esters is 1. The van der Waals surface area contributed by atoms with Crippen LogP contribution in [0.2, 0.25) is 0 Å². The number of hydrogen-bond acceptors (Lipinski definition) is 7. The number of carbonyl (C=O) groups is 1. The van der Waals surface area contributed by atoms with E-state index in [4.69, 9.17) is 18.5 Å². The maximum atomic E-state index is 13.0. The molecule has 1 N–H and O–H groups in total. The zero-order valence-electron chi connectivity index (χ0n) is 20.5. The van der Waals surface area contributed by atoms with Gasteiger partial charge in [-0.2, -0.15) is 4.72 Å². The maximum absolute atomic E-state index is 13.0. The summed E-state index contributed by atoms with van der Waals surface area (Å²) in [5, 5.41) is 1.42. The largest absolute Gasteiger partial charge is 0.494 e. The fourth-order valence-corrected chi connectivity index (χ4v) is 5.24. The fourth-order valence-electron chi connectivity index (χ4n) is 3.88. The number of fused-ring (bicyclic) bond motifs is 3. The van der Waals surface area contributed by atoms with Gasteiger partial charge in [0.1, 0.15) is 17.2 Å². The van der Waals surface area contributed by atoms with Crippen LogP contribution in [0.25, 0.3) is 21.9 Å². The van der Waals surface area contributed by atoms with Gasteiger partial charge in [-0.15, -0.1) is 0 Å². The Labute approximate surface area is 200 Å². The van der Waals surface area contributed by atoms with Crippen LogP contribution in [0.4, 0.5) is 0 Å². The van der Waals surface area contributed by atoms with Gasteiger partial charge in [-0.3, -0.25) is 4.79 Å². The molecule has 1 unspecified atom stereocenters. The maximum Gasteiger partial charge on any atom is 0.494 e. The molecule has 1 fully saturated rings. The average molecular weight is 487 g/mol. The molecule has 2 heterocycles. The van der Waals surface area contributed by atoms with Gasteiger partial charge in [-0.05, 0) is 63.3 Å². The minimum atomic E-state index is -3.98. The Morgan fingerprint density at radius 1 is 0.971 bits per heavy atom. The minimum absolute atomic E-state index is 0.0345. The number of nitrogens with one attached hydrogen (secondary N) is 1. The Bertz CT molecular complexity index is 1340. The predicted molar refractivity (Wildman–Crippen MR) is 130 cm³/mol. The molecule has 1 aliphatic heterocycles. The summed E-state index contributed by atoms with van der Waals surface area (Å²) in [5.74, 6) is -0.919. The molecule has 1 saturated heterocycles. The Morgan fingerprint density at radius 3 is 2.21 bits per heavy atom. The number of rotatable bonds is 6. The summed E-state index contributed by atoms with van der Waals surface area (Å²) in [7, 11) is -3.28. The second-order valence-corrected chi connectivity index (χ2v) is 11.7. The van der Waals surface area contributed by atoms with Crippen molar-refractivity contribution < 1.29 is 31.7 Å². The Morgan fingerprint density at radius 2 is 1.62 bits per heavy atom. The van der Waals surface area contributed by atoms with Crippen LogP contribution in [0.15, 0.2) is 45.7 Å². The van der Waals surface area contributed by atoms with E-state index in [1.807, 2.05) is 45.9 Å². The molecule has 1 aliphatic rings. The summed E-state index contributed by atoms with van der Waals surface area (Å²) in [6.45, 7) is 11.5. The second kappa shape index (κ2) is 8.37. The van der Waals surface area contributed by atoms with E-state index in [1.54, 1.807) is 26.0 Å². The molecule has 10 heteroatoms. The third-order valence-corrected chi connectivity index (χ3v) is 8.15. The standard InChI is InChI=1S/C24H30BNO7S/c1-14(2)21(22(27)30-7)26-34(28,29)16-9-11-19-18(13-16)17-10-8-15(12-20(17)31-19)25-32-23(3,4)24(5,6)33-25/h8-14,21,26H,1-7H3. The lowest BCUT2D eigenvalue weighted by molar-refractivity contribution is -0.143. The Balaban J connectivity index is 1.69. The summed E-state index contributed by atoms with van der Waals surface area (Å²) in [6, 6.07) is 9.25. The molecule has 4 rings (SSSR count). The van der Waals surface area contributed by atoms with E-state index in [2.05, 4.69) is 4.72 Å². The van der Waals surface area contributed by atoms with Gasteiger partial charge in [0, 0.05) is 10.8 Å². The van der Waals surface area contributed by atoms with Gasteiger partial charge >= 0.3 is 13.1 Å². The van der Waals surface area contributed by atoms with Gasteiger partial charge in [0.15, 0.2) is 0 Å². The van der Waals surface area contributed by atoms with Gasteiger partial charge in [-0.25, -0.2) is 8.42 Å². The molecule has 2 aromatic carbocycles. The predicted octanol–water partition coefficient (Wildman–Crippen LogP) is 3.36. The molecule has 8 nitrogen and oxygen atoms in total. The van der Waals surface area contributed by atoms with Crippen LogP contribution in [0, 0.1) is 5.92 Å². The molecule has 3 aromatic rings. The molecule has 182 valence electrons. The molecule has 1 aromatic heterocycles. The van der Waals surface area contributed by atoms with Gasteiger partial charge in [0.25, 0.3) is 0 Å². The average Bonchev–Trinajstić information content (AvgIpc) is 3.23. The van der Waals surface area contributed by atoms with E-state index >= 15 is 0 Å². The summed E-state index contributed by atoms with van der Waals surface area (Å²) >= 11 is 0. The molecule has 0 spiro atoms. The van der Waals surface area contributed by atoms with Crippen LogP contribution < -0.4 is 10.2 Å². The van der Waals surface area contributed by atoms with Gasteiger partial charge in [0.2, 0.25) is 10.0 Å². The number of carbonyl (C=O) groups excluding carboxylic acids is 1. The van der Waals surface area contributed by atoms with Crippen molar-refractivity contribution in [3.8, 4) is 0 Å². The molecular weight excluding hydrogens is 457 g/mol. The van der Waals surface area contributed by atoms with Crippen molar-refractivity contribution in [2.75, 3.05) is 7.11 Å². The van der Waals surface area contributed by atoms with Gasteiger partial charge < -0.3 is 18.5 Å². The summed E-state index contributed by atoms with van der Waals surface area (Å²) in [5.41, 5.74) is 1.04. The van der Waals surface area contributed by atoms with Crippen LogP contribution in [0.1, 0.15) is 41.5 Å². The zero-order valence-corrected chi connectivity index (χ0v) is 21.3. The van der Waals surface area contributed by atoms with Crippen LogP contribution in [-0.2, 0) is 28.9 Å². The second-order valence-electron chi connectivity index (χ2n) is 9.97. The van der Waals surface area contributed by atoms with Crippen molar-refractivity contribution in [3.63, 3.8) is 0 Å². The zero-order chi connectivity index (χ0) is 25.1. The highest BCUT2D eigenvalue weighted by Crippen LogP contribution is 2.37. The molecule has 34 heavy (non-hydrogen) atoms. The van der Waals surface area contributed by atoms with Gasteiger partial charge in [0.05, 0.1) is 23.2 Å². The van der Waals surface area contributed by atoms with E-state index in [9.17, 15) is 13.2 Å².